The summed E-state index contributed by atoms with van der Waals surface area (Å²) < 4.78 is 210. The molecular weight excluding hydrogens is 649 g/mol. The highest BCUT2D eigenvalue weighted by molar-refractivity contribution is 6.05. The van der Waals surface area contributed by atoms with Gasteiger partial charge in [-0.05, 0) is 29.0 Å². The number of benzene rings is 3. The van der Waals surface area contributed by atoms with Crippen LogP contribution in [-0.2, 0) is 4.79 Å². The lowest BCUT2D eigenvalue weighted by Gasteiger charge is -2.40. The molecule has 44 heavy (non-hydrogen) atoms. The molecule has 0 spiro atoms. The van der Waals surface area contributed by atoms with Gasteiger partial charge in [0.05, 0.1) is 5.56 Å². The Kier molecular flexibility index (Phi) is 8.39. The van der Waals surface area contributed by atoms with Gasteiger partial charge in [0.2, 0.25) is 0 Å². The van der Waals surface area contributed by atoms with E-state index in [0.29, 0.717) is 17.5 Å². The Bertz CT molecular complexity index is 1560. The van der Waals surface area contributed by atoms with Gasteiger partial charge in [0.25, 0.3) is 0 Å². The van der Waals surface area contributed by atoms with Gasteiger partial charge in [0.1, 0.15) is 0 Å². The van der Waals surface area contributed by atoms with Gasteiger partial charge in [0, 0.05) is 0 Å². The van der Waals surface area contributed by atoms with E-state index in [1.54, 1.807) is 18.2 Å². The first kappa shape index (κ1) is 34.3. The second kappa shape index (κ2) is 10.8. The fourth-order valence-corrected chi connectivity index (χ4v) is 3.44. The molecule has 0 amide bonds. The van der Waals surface area contributed by atoms with Crippen LogP contribution in [0.15, 0.2) is 66.7 Å². The lowest BCUT2D eigenvalue weighted by Crippen LogP contribution is -2.73. The lowest BCUT2D eigenvalue weighted by atomic mass is 9.91. The Morgan fingerprint density at radius 3 is 1.45 bits per heavy atom. The number of fused-ring (bicyclic) bond motifs is 1. The third-order valence-corrected chi connectivity index (χ3v) is 5.85. The van der Waals surface area contributed by atoms with Crippen molar-refractivity contribution in [3.8, 4) is 11.5 Å². The average molecular weight is 660 g/mol. The van der Waals surface area contributed by atoms with Crippen molar-refractivity contribution in [2.45, 2.75) is 41.7 Å². The normalized spacial score (nSPS) is 14.0. The van der Waals surface area contributed by atoms with Crippen molar-refractivity contribution in [3.05, 3.63) is 72.3 Å². The predicted molar refractivity (Wildman–Crippen MR) is 117 cm³/mol. The van der Waals surface area contributed by atoms with E-state index < -0.39 is 65.1 Å². The van der Waals surface area contributed by atoms with Crippen LogP contribution < -0.4 is 9.47 Å². The Balaban J connectivity index is 1.95. The molecule has 0 radical (unpaired) electrons. The van der Waals surface area contributed by atoms with Gasteiger partial charge in [-0.1, -0.05) is 48.5 Å². The van der Waals surface area contributed by atoms with Crippen molar-refractivity contribution in [2.24, 2.45) is 0 Å². The molecule has 0 saturated carbocycles. The number of hydrogen-bond acceptors (Lipinski definition) is 4. The van der Waals surface area contributed by atoms with E-state index in [2.05, 4.69) is 4.74 Å². The lowest BCUT2D eigenvalue weighted by molar-refractivity contribution is -0.450. The van der Waals surface area contributed by atoms with Crippen LogP contribution in [0, 0.1) is 0 Å². The fourth-order valence-electron chi connectivity index (χ4n) is 3.44. The molecule has 240 valence electrons. The number of hydrogen-bond donors (Lipinski definition) is 0. The van der Waals surface area contributed by atoms with Crippen LogP contribution in [0.25, 0.3) is 10.8 Å². The molecule has 0 saturated heterocycles. The summed E-state index contributed by atoms with van der Waals surface area (Å²) in [6.45, 7) is 0. The van der Waals surface area contributed by atoms with E-state index >= 15 is 0 Å². The molecule has 19 heteroatoms. The molecule has 3 aromatic rings. The second-order valence-corrected chi connectivity index (χ2v) is 8.70. The number of rotatable bonds is 9. The molecule has 0 aliphatic carbocycles. The standard InChI is InChI=1S/C25H11F15O4/c26-19(27,20(28,29)21(30,31)22(32,33)23(34,35)24(36,37)25(38,39)40)18(42)44-16-11-4-3-10-15(16)43-17(41)14-9-5-7-12-6-1-2-8-13(12)14/h1-11H. The molecule has 3 aromatic carbocycles. The third kappa shape index (κ3) is 5.14. The zero-order valence-corrected chi connectivity index (χ0v) is 20.7. The molecule has 0 unspecified atom stereocenters. The minimum absolute atomic E-state index is 0.209. The van der Waals surface area contributed by atoms with Crippen LogP contribution >= 0.6 is 0 Å². The summed E-state index contributed by atoms with van der Waals surface area (Å²) in [5, 5.41) is 0.719. The minimum Gasteiger partial charge on any atom is -0.419 e. The molecule has 3 rings (SSSR count). The molecule has 0 aromatic heterocycles. The molecule has 0 atom stereocenters. The van der Waals surface area contributed by atoms with E-state index in [1.165, 1.54) is 24.3 Å². The van der Waals surface area contributed by atoms with Gasteiger partial charge >= 0.3 is 53.7 Å². The predicted octanol–water partition coefficient (Wildman–Crippen LogP) is 8.34. The molecule has 0 fully saturated rings. The van der Waals surface area contributed by atoms with E-state index in [0.717, 1.165) is 12.1 Å². The Morgan fingerprint density at radius 1 is 0.477 bits per heavy atom. The number of esters is 2. The van der Waals surface area contributed by atoms with Crippen LogP contribution in [-0.4, -0.2) is 53.7 Å². The summed E-state index contributed by atoms with van der Waals surface area (Å²) in [6.07, 6.45) is -7.76. The van der Waals surface area contributed by atoms with Gasteiger partial charge in [-0.25, -0.2) is 9.59 Å². The molecular formula is C25H11F15O4. The maximum atomic E-state index is 14.3. The highest BCUT2D eigenvalue weighted by Gasteiger charge is 2.94. The van der Waals surface area contributed by atoms with Crippen molar-refractivity contribution in [1.82, 2.24) is 0 Å². The fraction of sp³-hybridized carbons (Fsp3) is 0.280. The average Bonchev–Trinajstić information content (AvgIpc) is 2.92. The SMILES string of the molecule is O=C(Oc1ccccc1OC(=O)C(F)(F)C(F)(F)C(F)(F)C(F)(F)C(F)(F)C(F)(F)C(F)(F)F)c1cccc2ccccc12. The Labute approximate surface area is 233 Å². The van der Waals surface area contributed by atoms with Crippen LogP contribution in [0.2, 0.25) is 0 Å². The summed E-state index contributed by atoms with van der Waals surface area (Å²) in [5.41, 5.74) is -0.209. The zero-order valence-electron chi connectivity index (χ0n) is 20.7. The summed E-state index contributed by atoms with van der Waals surface area (Å²) in [6, 6.07) is 13.0. The smallest absolute Gasteiger partial charge is 0.419 e. The number of alkyl halides is 15. The van der Waals surface area contributed by atoms with Crippen molar-refractivity contribution in [3.63, 3.8) is 0 Å². The number of para-hydroxylation sites is 2. The highest BCUT2D eigenvalue weighted by Crippen LogP contribution is 2.62. The number of ether oxygens (including phenoxy) is 2. The highest BCUT2D eigenvalue weighted by atomic mass is 19.4. The first-order valence-electron chi connectivity index (χ1n) is 11.2. The third-order valence-electron chi connectivity index (χ3n) is 5.85. The molecule has 4 nitrogen and oxygen atoms in total. The number of carbonyl (C=O) groups is 2. The molecule has 0 aliphatic rings. The van der Waals surface area contributed by atoms with Crippen molar-refractivity contribution in [2.75, 3.05) is 0 Å². The summed E-state index contributed by atoms with van der Waals surface area (Å²) >= 11 is 0. The Morgan fingerprint density at radius 2 is 0.909 bits per heavy atom. The van der Waals surface area contributed by atoms with Gasteiger partial charge in [-0.3, -0.25) is 0 Å². The molecule has 0 heterocycles. The van der Waals surface area contributed by atoms with E-state index in [-0.39, 0.29) is 10.9 Å². The quantitative estimate of drug-likeness (QED) is 0.132. The second-order valence-electron chi connectivity index (χ2n) is 8.70. The van der Waals surface area contributed by atoms with E-state index in [9.17, 15) is 75.4 Å². The van der Waals surface area contributed by atoms with E-state index in [1.807, 2.05) is 0 Å². The molecule has 0 N–H and O–H groups in total. The summed E-state index contributed by atoms with van der Waals surface area (Å²) in [4.78, 5) is 24.5. The maximum absolute atomic E-state index is 14.3. The largest absolute Gasteiger partial charge is 0.460 e. The monoisotopic (exact) mass is 660 g/mol. The van der Waals surface area contributed by atoms with Crippen LogP contribution in [0.5, 0.6) is 11.5 Å². The van der Waals surface area contributed by atoms with Crippen LogP contribution in [0.4, 0.5) is 65.9 Å². The first-order valence-corrected chi connectivity index (χ1v) is 11.2. The van der Waals surface area contributed by atoms with Crippen LogP contribution in [0.3, 0.4) is 0 Å². The van der Waals surface area contributed by atoms with Gasteiger partial charge in [-0.15, -0.1) is 0 Å². The maximum Gasteiger partial charge on any atom is 0.460 e. The topological polar surface area (TPSA) is 52.6 Å². The van der Waals surface area contributed by atoms with Crippen molar-refractivity contribution in [1.29, 1.82) is 0 Å². The first-order chi connectivity index (χ1) is 19.9. The van der Waals surface area contributed by atoms with Gasteiger partial charge < -0.3 is 9.47 Å². The molecule has 0 bridgehead atoms. The summed E-state index contributed by atoms with van der Waals surface area (Å²) in [7, 11) is 0. The van der Waals surface area contributed by atoms with Gasteiger partial charge in [0.15, 0.2) is 11.5 Å². The van der Waals surface area contributed by atoms with Crippen LogP contribution in [0.1, 0.15) is 10.4 Å². The molecule has 0 aliphatic heterocycles. The Hall–Kier alpha value is -4.19. The van der Waals surface area contributed by atoms with Gasteiger partial charge in [-0.2, -0.15) is 65.9 Å². The van der Waals surface area contributed by atoms with E-state index in [4.69, 9.17) is 4.74 Å². The minimum atomic E-state index is -8.57. The summed E-state index contributed by atoms with van der Waals surface area (Å²) in [5.74, 6) is -56.8. The van der Waals surface area contributed by atoms with Crippen molar-refractivity contribution >= 4 is 22.7 Å². The number of carbonyl (C=O) groups excluding carboxylic acids is 2. The zero-order chi connectivity index (χ0) is 33.7. The number of halogens is 15. The van der Waals surface area contributed by atoms with Crippen molar-refractivity contribution < 1.29 is 84.9 Å².